The molecule has 2 N–H and O–H groups in total. The van der Waals surface area contributed by atoms with E-state index in [9.17, 15) is 28.8 Å². The summed E-state index contributed by atoms with van der Waals surface area (Å²) in [6.45, 7) is 14.7. The van der Waals surface area contributed by atoms with Crippen LogP contribution in [0.5, 0.6) is 11.5 Å². The molecule has 13 nitrogen and oxygen atoms in total. The van der Waals surface area contributed by atoms with Crippen LogP contribution in [-0.4, -0.2) is 103 Å². The fraction of sp³-hybridized carbons (Fsp3) is 0.567. The Kier molecular flexibility index (Phi) is 23.3. The Balaban J connectivity index is 1.34. The predicted octanol–water partition coefficient (Wildman–Crippen LogP) is 8.76. The van der Waals surface area contributed by atoms with E-state index < -0.39 is 35.4 Å². The van der Waals surface area contributed by atoms with Crippen molar-refractivity contribution in [1.29, 1.82) is 0 Å². The number of quaternary nitrogens is 1. The van der Waals surface area contributed by atoms with Gasteiger partial charge in [-0.1, -0.05) is 127 Å². The SMILES string of the molecule is C#CCOc1cc(C[N+]2(CC(=O)C[C@@H](CCc3ccccc3)C(=O)N[C@@H](CC(C)C)C(=O)C[C@@H](Cc3ccccc3)C(=O)N[C@@H](CC(C)C)C(=O)[C@@]3(C)CO3)CCOCC2)ccc1OC(=O)CCCCCCC. The minimum absolute atomic E-state index is 0.0111. The summed E-state index contributed by atoms with van der Waals surface area (Å²) in [5.74, 6) is -0.00583. The van der Waals surface area contributed by atoms with Crippen LogP contribution in [0.3, 0.4) is 0 Å². The van der Waals surface area contributed by atoms with Gasteiger partial charge in [-0.15, -0.1) is 6.42 Å². The lowest BCUT2D eigenvalue weighted by Gasteiger charge is -2.41. The topological polar surface area (TPSA) is 167 Å². The van der Waals surface area contributed by atoms with Gasteiger partial charge >= 0.3 is 5.97 Å². The predicted molar refractivity (Wildman–Crippen MR) is 282 cm³/mol. The van der Waals surface area contributed by atoms with Crippen LogP contribution in [0.2, 0.25) is 0 Å². The monoisotopic (exact) mass is 1000 g/mol. The van der Waals surface area contributed by atoms with Gasteiger partial charge < -0.3 is 34.1 Å². The highest BCUT2D eigenvalue weighted by Gasteiger charge is 2.50. The average Bonchev–Trinajstić information content (AvgIpc) is 4.12. The smallest absolute Gasteiger partial charge is 0.311 e. The molecule has 396 valence electrons. The summed E-state index contributed by atoms with van der Waals surface area (Å²) >= 11 is 0. The normalized spacial score (nSPS) is 17.6. The molecule has 5 atom stereocenters. The molecule has 2 fully saturated rings. The van der Waals surface area contributed by atoms with Gasteiger partial charge in [-0.2, -0.15) is 0 Å². The van der Waals surface area contributed by atoms with Crippen LogP contribution in [0, 0.1) is 36.0 Å². The van der Waals surface area contributed by atoms with Crippen LogP contribution in [0.4, 0.5) is 0 Å². The third kappa shape index (κ3) is 19.6. The zero-order valence-corrected chi connectivity index (χ0v) is 44.4. The summed E-state index contributed by atoms with van der Waals surface area (Å²) in [7, 11) is 0. The van der Waals surface area contributed by atoms with Gasteiger partial charge in [0.05, 0.1) is 31.9 Å². The number of esters is 1. The number of epoxide rings is 1. The van der Waals surface area contributed by atoms with E-state index in [-0.39, 0.29) is 73.5 Å². The lowest BCUT2D eigenvalue weighted by molar-refractivity contribution is -0.940. The Morgan fingerprint density at radius 3 is 2.00 bits per heavy atom. The minimum atomic E-state index is -0.937. The molecule has 2 heterocycles. The highest BCUT2D eigenvalue weighted by molar-refractivity contribution is 5.98. The Morgan fingerprint density at radius 1 is 0.753 bits per heavy atom. The summed E-state index contributed by atoms with van der Waals surface area (Å²) in [5.41, 5.74) is 1.81. The molecule has 3 aromatic carbocycles. The number of morpholine rings is 1. The molecule has 5 rings (SSSR count). The van der Waals surface area contributed by atoms with Crippen LogP contribution < -0.4 is 20.1 Å². The summed E-state index contributed by atoms with van der Waals surface area (Å²) in [6.07, 6.45) is 12.6. The van der Waals surface area contributed by atoms with Crippen LogP contribution in [0.25, 0.3) is 0 Å². The molecule has 0 saturated carbocycles. The Labute approximate surface area is 434 Å². The molecular weight excluding hydrogens is 923 g/mol. The highest BCUT2D eigenvalue weighted by Crippen LogP contribution is 2.33. The highest BCUT2D eigenvalue weighted by atomic mass is 16.6. The minimum Gasteiger partial charge on any atom is -0.477 e. The largest absolute Gasteiger partial charge is 0.477 e. The maximum atomic E-state index is 14.7. The molecule has 0 bridgehead atoms. The van der Waals surface area contributed by atoms with Crippen molar-refractivity contribution in [2.75, 3.05) is 46.1 Å². The first-order chi connectivity index (χ1) is 35.0. The number of nitrogens with one attached hydrogen (secondary N) is 2. The van der Waals surface area contributed by atoms with Gasteiger partial charge in [-0.05, 0) is 86.6 Å². The number of ether oxygens (including phenoxy) is 4. The fourth-order valence-corrected chi connectivity index (χ4v) is 9.71. The third-order valence-corrected chi connectivity index (χ3v) is 13.9. The zero-order chi connectivity index (χ0) is 52.8. The number of benzene rings is 3. The maximum absolute atomic E-state index is 14.7. The van der Waals surface area contributed by atoms with Gasteiger partial charge in [0.15, 0.2) is 28.8 Å². The molecule has 0 aliphatic carbocycles. The second kappa shape index (κ2) is 29.3. The standard InChI is InChI=1S/C60H81N3O10/c1-8-10-11-12-19-24-56(66)73-54-28-26-47(37-55(54)71-31-9-2)40-63(29-32-70-33-30-63)41-50(64)38-48(27-25-45-20-15-13-16-21-45)58(68)61-51(34-43(3)4)53(65)39-49(36-46-22-17-14-18-23-46)59(69)62-52(35-44(5)6)57(67)60(7)42-72-60/h2,13-18,20-23,26,28,37,43-44,48-49,51-52H,8,10-12,19,24-25,27,29-36,38-42H2,1,3-7H3,(H-,61,62,68,69)/p+1/t48-,49-,51+,52+,60-/m1/s1. The molecule has 73 heavy (non-hydrogen) atoms. The Hall–Kier alpha value is -5.68. The number of hydrogen-bond acceptors (Lipinski definition) is 10. The van der Waals surface area contributed by atoms with Gasteiger partial charge in [0.2, 0.25) is 11.8 Å². The van der Waals surface area contributed by atoms with E-state index in [1.807, 2.05) is 100 Å². The van der Waals surface area contributed by atoms with Crippen molar-refractivity contribution in [3.8, 4) is 23.8 Å². The molecule has 13 heteroatoms. The number of carbonyl (C=O) groups excluding carboxylic acids is 6. The summed E-state index contributed by atoms with van der Waals surface area (Å²) in [4.78, 5) is 84.5. The van der Waals surface area contributed by atoms with Crippen molar-refractivity contribution in [2.24, 2.45) is 23.7 Å². The van der Waals surface area contributed by atoms with Gasteiger partial charge in [0.25, 0.3) is 0 Å². The van der Waals surface area contributed by atoms with Crippen molar-refractivity contribution in [3.05, 3.63) is 95.6 Å². The molecule has 0 radical (unpaired) electrons. The van der Waals surface area contributed by atoms with Crippen LogP contribution in [-0.2, 0) is 57.6 Å². The zero-order valence-electron chi connectivity index (χ0n) is 44.4. The number of aryl methyl sites for hydroxylation is 1. The second-order valence-corrected chi connectivity index (χ2v) is 21.4. The Morgan fingerprint density at radius 2 is 1.37 bits per heavy atom. The summed E-state index contributed by atoms with van der Waals surface area (Å²) in [5, 5.41) is 6.10. The number of hydrogen-bond donors (Lipinski definition) is 2. The number of amides is 2. The van der Waals surface area contributed by atoms with E-state index in [0.29, 0.717) is 87.5 Å². The number of ketones is 3. The molecule has 2 aliphatic heterocycles. The van der Waals surface area contributed by atoms with Crippen LogP contribution in [0.1, 0.15) is 129 Å². The lowest BCUT2D eigenvalue weighted by Crippen LogP contribution is -2.57. The fourth-order valence-electron chi connectivity index (χ4n) is 9.71. The van der Waals surface area contributed by atoms with Gasteiger partial charge in [-0.25, -0.2) is 0 Å². The van der Waals surface area contributed by atoms with Crippen molar-refractivity contribution < 1.29 is 52.2 Å². The maximum Gasteiger partial charge on any atom is 0.311 e. The first-order valence-electron chi connectivity index (χ1n) is 26.8. The molecule has 2 saturated heterocycles. The quantitative estimate of drug-likeness (QED) is 0.0150. The van der Waals surface area contributed by atoms with Crippen LogP contribution in [0.15, 0.2) is 78.9 Å². The molecule has 2 aliphatic rings. The number of Topliss-reactive ketones (excluding diaryl/α,β-unsaturated/α-hetero) is 3. The number of unbranched alkanes of at least 4 members (excludes halogenated alkanes) is 4. The number of rotatable bonds is 33. The second-order valence-electron chi connectivity index (χ2n) is 21.4. The molecule has 2 amide bonds. The summed E-state index contributed by atoms with van der Waals surface area (Å²) in [6, 6.07) is 23.0. The molecule has 0 unspecified atom stereocenters. The van der Waals surface area contributed by atoms with E-state index in [2.05, 4.69) is 23.5 Å². The number of terminal acetylenes is 1. The Bertz CT molecular complexity index is 2300. The van der Waals surface area contributed by atoms with E-state index in [4.69, 9.17) is 25.4 Å². The molecular formula is C60H82N3O10+. The number of carbonyl (C=O) groups is 6. The molecule has 0 aromatic heterocycles. The van der Waals surface area contributed by atoms with Gasteiger partial charge in [0, 0.05) is 36.7 Å². The third-order valence-electron chi connectivity index (χ3n) is 13.9. The first kappa shape index (κ1) is 58.2. The number of nitrogens with zero attached hydrogens (tertiary/aromatic N) is 1. The van der Waals surface area contributed by atoms with Crippen LogP contribution >= 0.6 is 0 Å². The van der Waals surface area contributed by atoms with E-state index in [1.54, 1.807) is 13.0 Å². The molecule has 3 aromatic rings. The first-order valence-corrected chi connectivity index (χ1v) is 26.8. The average molecular weight is 1010 g/mol. The molecule has 0 spiro atoms. The van der Waals surface area contributed by atoms with Gasteiger partial charge in [0.1, 0.15) is 38.4 Å². The summed E-state index contributed by atoms with van der Waals surface area (Å²) < 4.78 is 23.3. The van der Waals surface area contributed by atoms with Crippen molar-refractivity contribution in [1.82, 2.24) is 10.6 Å². The van der Waals surface area contributed by atoms with Crippen molar-refractivity contribution in [3.63, 3.8) is 0 Å². The van der Waals surface area contributed by atoms with Crippen molar-refractivity contribution >= 4 is 35.1 Å². The van der Waals surface area contributed by atoms with E-state index >= 15 is 0 Å². The van der Waals surface area contributed by atoms with Crippen molar-refractivity contribution in [2.45, 2.75) is 149 Å². The lowest BCUT2D eigenvalue weighted by atomic mass is 9.87. The van der Waals surface area contributed by atoms with E-state index in [1.165, 1.54) is 0 Å². The van der Waals surface area contributed by atoms with E-state index in [0.717, 1.165) is 48.8 Å². The van der Waals surface area contributed by atoms with Gasteiger partial charge in [-0.3, -0.25) is 28.8 Å².